The number of amides is 1. The maximum absolute atomic E-state index is 11.5. The third kappa shape index (κ3) is 1.95. The number of hydrogen-bond acceptors (Lipinski definition) is 2. The Kier molecular flexibility index (Phi) is 1.79. The van der Waals surface area contributed by atoms with Crippen molar-refractivity contribution in [1.82, 2.24) is 4.90 Å². The fraction of sp³-hybridized carbons (Fsp3) is 0.900. The minimum absolute atomic E-state index is 0.139. The molecule has 1 aliphatic carbocycles. The number of nitrogens with zero attached hydrogens (tertiary/aromatic N) is 1. The van der Waals surface area contributed by atoms with Crippen LogP contribution in [0.1, 0.15) is 27.2 Å². The molecule has 2 aliphatic rings. The number of carbonyl (C=O) groups is 1. The molecule has 2 rings (SSSR count). The molecule has 3 nitrogen and oxygen atoms in total. The predicted molar refractivity (Wildman–Crippen MR) is 49.4 cm³/mol. The van der Waals surface area contributed by atoms with E-state index in [2.05, 4.69) is 0 Å². The Bertz CT molecular complexity index is 222. The summed E-state index contributed by atoms with van der Waals surface area (Å²) in [4.78, 5) is 13.4. The van der Waals surface area contributed by atoms with Gasteiger partial charge in [-0.25, -0.2) is 4.79 Å². The van der Waals surface area contributed by atoms with Gasteiger partial charge in [-0.1, -0.05) is 0 Å². The first kappa shape index (κ1) is 8.85. The van der Waals surface area contributed by atoms with E-state index in [0.717, 1.165) is 24.9 Å². The number of ether oxygens (including phenoxy) is 1. The van der Waals surface area contributed by atoms with E-state index in [0.29, 0.717) is 0 Å². The van der Waals surface area contributed by atoms with Crippen LogP contribution >= 0.6 is 0 Å². The molecule has 74 valence electrons. The van der Waals surface area contributed by atoms with Gasteiger partial charge in [-0.15, -0.1) is 0 Å². The van der Waals surface area contributed by atoms with E-state index in [-0.39, 0.29) is 11.7 Å². The van der Waals surface area contributed by atoms with Gasteiger partial charge in [0, 0.05) is 13.1 Å². The van der Waals surface area contributed by atoms with Crippen molar-refractivity contribution in [2.24, 2.45) is 11.8 Å². The molecule has 0 aromatic carbocycles. The van der Waals surface area contributed by atoms with Gasteiger partial charge in [0.25, 0.3) is 0 Å². The average Bonchev–Trinajstić information content (AvgIpc) is 2.55. The Hall–Kier alpha value is -0.730. The number of hydrogen-bond donors (Lipinski definition) is 0. The molecule has 1 saturated carbocycles. The van der Waals surface area contributed by atoms with Crippen molar-refractivity contribution < 1.29 is 9.53 Å². The van der Waals surface area contributed by atoms with E-state index in [1.165, 1.54) is 6.42 Å². The Morgan fingerprint density at radius 1 is 1.31 bits per heavy atom. The summed E-state index contributed by atoms with van der Waals surface area (Å²) in [5.41, 5.74) is -0.357. The zero-order chi connectivity index (χ0) is 9.64. The lowest BCUT2D eigenvalue weighted by Crippen LogP contribution is -2.36. The van der Waals surface area contributed by atoms with Gasteiger partial charge < -0.3 is 9.64 Å². The molecule has 0 aromatic rings. The first-order chi connectivity index (χ1) is 5.96. The molecule has 0 bridgehead atoms. The second-order valence-electron chi connectivity index (χ2n) is 5.14. The highest BCUT2D eigenvalue weighted by Gasteiger charge is 2.47. The number of piperidine rings is 1. The molecule has 1 saturated heterocycles. The lowest BCUT2D eigenvalue weighted by molar-refractivity contribution is 0.0274. The summed E-state index contributed by atoms with van der Waals surface area (Å²) in [6, 6.07) is 0. The van der Waals surface area contributed by atoms with Gasteiger partial charge in [0.2, 0.25) is 0 Å². The largest absolute Gasteiger partial charge is 0.444 e. The van der Waals surface area contributed by atoms with Crippen molar-refractivity contribution in [3.8, 4) is 0 Å². The molecular formula is C10H17NO2. The highest BCUT2D eigenvalue weighted by molar-refractivity contribution is 5.68. The van der Waals surface area contributed by atoms with Gasteiger partial charge in [-0.2, -0.15) is 0 Å². The first-order valence-corrected chi connectivity index (χ1v) is 4.93. The van der Waals surface area contributed by atoms with Gasteiger partial charge in [0.05, 0.1) is 0 Å². The molecule has 0 radical (unpaired) electrons. The molecule has 2 fully saturated rings. The molecule has 1 amide bonds. The van der Waals surface area contributed by atoms with Crippen molar-refractivity contribution >= 4 is 6.09 Å². The highest BCUT2D eigenvalue weighted by Crippen LogP contribution is 2.45. The number of fused-ring (bicyclic) bond motifs is 1. The van der Waals surface area contributed by atoms with E-state index in [1.54, 1.807) is 0 Å². The van der Waals surface area contributed by atoms with E-state index in [1.807, 2.05) is 25.7 Å². The van der Waals surface area contributed by atoms with Crippen LogP contribution in [0, 0.1) is 11.8 Å². The van der Waals surface area contributed by atoms with Crippen molar-refractivity contribution in [2.45, 2.75) is 32.8 Å². The summed E-state index contributed by atoms with van der Waals surface area (Å²) < 4.78 is 5.28. The van der Waals surface area contributed by atoms with Crippen molar-refractivity contribution in [3.05, 3.63) is 0 Å². The predicted octanol–water partition coefficient (Wildman–Crippen LogP) is 1.87. The fourth-order valence-corrected chi connectivity index (χ4v) is 1.87. The van der Waals surface area contributed by atoms with E-state index in [4.69, 9.17) is 4.74 Å². The molecule has 1 heterocycles. The van der Waals surface area contributed by atoms with Gasteiger partial charge in [-0.05, 0) is 39.0 Å². The van der Waals surface area contributed by atoms with Crippen LogP contribution < -0.4 is 0 Å². The number of carbonyl (C=O) groups excluding carboxylic acids is 1. The second kappa shape index (κ2) is 2.63. The Labute approximate surface area is 79.0 Å². The maximum atomic E-state index is 11.5. The molecule has 2 unspecified atom stereocenters. The minimum Gasteiger partial charge on any atom is -0.444 e. The topological polar surface area (TPSA) is 29.5 Å². The van der Waals surface area contributed by atoms with Gasteiger partial charge in [0.1, 0.15) is 5.60 Å². The van der Waals surface area contributed by atoms with Gasteiger partial charge in [0.15, 0.2) is 0 Å². The second-order valence-corrected chi connectivity index (χ2v) is 5.14. The van der Waals surface area contributed by atoms with Crippen molar-refractivity contribution in [3.63, 3.8) is 0 Å². The average molecular weight is 183 g/mol. The highest BCUT2D eigenvalue weighted by atomic mass is 16.6. The van der Waals surface area contributed by atoms with E-state index < -0.39 is 0 Å². The lowest BCUT2D eigenvalue weighted by atomic mass is 10.2. The molecule has 0 N–H and O–H groups in total. The summed E-state index contributed by atoms with van der Waals surface area (Å²) in [5.74, 6) is 1.57. The minimum atomic E-state index is -0.357. The maximum Gasteiger partial charge on any atom is 0.410 e. The summed E-state index contributed by atoms with van der Waals surface area (Å²) in [6.07, 6.45) is 1.18. The fourth-order valence-electron chi connectivity index (χ4n) is 1.87. The summed E-state index contributed by atoms with van der Waals surface area (Å²) in [5, 5.41) is 0. The Morgan fingerprint density at radius 2 is 1.85 bits per heavy atom. The molecule has 2 atom stereocenters. The lowest BCUT2D eigenvalue weighted by Gasteiger charge is -2.25. The molecule has 0 spiro atoms. The Morgan fingerprint density at radius 3 is 2.31 bits per heavy atom. The van der Waals surface area contributed by atoms with Crippen LogP contribution in [0.3, 0.4) is 0 Å². The number of rotatable bonds is 0. The zero-order valence-electron chi connectivity index (χ0n) is 8.54. The monoisotopic (exact) mass is 183 g/mol. The quantitative estimate of drug-likeness (QED) is 0.574. The normalized spacial score (nSPS) is 31.5. The molecule has 1 aliphatic heterocycles. The first-order valence-electron chi connectivity index (χ1n) is 4.93. The van der Waals surface area contributed by atoms with Crippen LogP contribution in [0.15, 0.2) is 0 Å². The summed E-state index contributed by atoms with van der Waals surface area (Å²) in [6.45, 7) is 7.55. The van der Waals surface area contributed by atoms with Crippen LogP contribution in [-0.4, -0.2) is 29.7 Å². The smallest absolute Gasteiger partial charge is 0.410 e. The molecule has 0 aromatic heterocycles. The standard InChI is InChI=1S/C10H17NO2/c1-10(2,3)13-9(12)11-5-7-4-8(7)6-11/h7-8H,4-6H2,1-3H3. The van der Waals surface area contributed by atoms with Crippen molar-refractivity contribution in [2.75, 3.05) is 13.1 Å². The van der Waals surface area contributed by atoms with Gasteiger partial charge in [-0.3, -0.25) is 0 Å². The molecular weight excluding hydrogens is 166 g/mol. The Balaban J connectivity index is 1.84. The molecule has 13 heavy (non-hydrogen) atoms. The van der Waals surface area contributed by atoms with Crippen LogP contribution in [0.4, 0.5) is 4.79 Å². The number of likely N-dealkylation sites (tertiary alicyclic amines) is 1. The van der Waals surface area contributed by atoms with Gasteiger partial charge >= 0.3 is 6.09 Å². The SMILES string of the molecule is CC(C)(C)OC(=O)N1CC2CC2C1. The third-order valence-electron chi connectivity index (χ3n) is 2.63. The van der Waals surface area contributed by atoms with Crippen LogP contribution in [0.2, 0.25) is 0 Å². The van der Waals surface area contributed by atoms with E-state index >= 15 is 0 Å². The third-order valence-corrected chi connectivity index (χ3v) is 2.63. The van der Waals surface area contributed by atoms with E-state index in [9.17, 15) is 4.79 Å². The van der Waals surface area contributed by atoms with Crippen molar-refractivity contribution in [1.29, 1.82) is 0 Å². The molecule has 3 heteroatoms. The van der Waals surface area contributed by atoms with Crippen LogP contribution in [-0.2, 0) is 4.74 Å². The summed E-state index contributed by atoms with van der Waals surface area (Å²) in [7, 11) is 0. The zero-order valence-corrected chi connectivity index (χ0v) is 8.54. The summed E-state index contributed by atoms with van der Waals surface area (Å²) >= 11 is 0. The van der Waals surface area contributed by atoms with Crippen LogP contribution in [0.25, 0.3) is 0 Å². The van der Waals surface area contributed by atoms with Crippen LogP contribution in [0.5, 0.6) is 0 Å².